The molecule has 0 fully saturated rings. The molecule has 210 valence electrons. The molecule has 0 bridgehead atoms. The monoisotopic (exact) mass is 594 g/mol. The predicted molar refractivity (Wildman–Crippen MR) is 183 cm³/mol. The first kappa shape index (κ1) is 27.3. The maximum atomic E-state index is 6.49. The van der Waals surface area contributed by atoms with E-state index in [1.54, 1.807) is 22.7 Å². The molecule has 0 radical (unpaired) electrons. The lowest BCUT2D eigenvalue weighted by Gasteiger charge is -2.35. The predicted octanol–water partition coefficient (Wildman–Crippen LogP) is 10.6. The summed E-state index contributed by atoms with van der Waals surface area (Å²) in [7, 11) is 0. The second-order valence-corrected chi connectivity index (χ2v) is 12.7. The Kier molecular flexibility index (Phi) is 7.35. The first-order chi connectivity index (χ1) is 21.1. The summed E-state index contributed by atoms with van der Waals surface area (Å²) in [5.74, 6) is 1.17. The Labute approximate surface area is 260 Å². The summed E-state index contributed by atoms with van der Waals surface area (Å²) in [5.41, 5.74) is 6.92. The zero-order valence-electron chi connectivity index (χ0n) is 23.8. The SMILES string of the molecule is C=C[C@](C1=NCC(C)C=C1)(c1cccc(Oc2cc(-c3nc4ccccc4s3)cs2)c1)c1ccccc1-c1ccccc1. The number of nitrogens with zero attached hydrogens (tertiary/aromatic N) is 2. The van der Waals surface area contributed by atoms with Gasteiger partial charge in [-0.1, -0.05) is 97.9 Å². The maximum Gasteiger partial charge on any atom is 0.181 e. The van der Waals surface area contributed by atoms with E-state index in [0.29, 0.717) is 5.92 Å². The number of rotatable bonds is 8. The van der Waals surface area contributed by atoms with Crippen LogP contribution in [0, 0.1) is 5.92 Å². The van der Waals surface area contributed by atoms with Gasteiger partial charge in [-0.25, -0.2) is 4.98 Å². The van der Waals surface area contributed by atoms with Crippen LogP contribution >= 0.6 is 22.7 Å². The molecule has 3 nitrogen and oxygen atoms in total. The van der Waals surface area contributed by atoms with E-state index < -0.39 is 5.41 Å². The number of benzene rings is 4. The van der Waals surface area contributed by atoms with Gasteiger partial charge in [0.2, 0.25) is 0 Å². The zero-order chi connectivity index (χ0) is 29.2. The number of allylic oxidation sites excluding steroid dienone is 2. The average molecular weight is 595 g/mol. The van der Waals surface area contributed by atoms with E-state index in [4.69, 9.17) is 14.7 Å². The molecule has 3 heterocycles. The Morgan fingerprint density at radius 2 is 1.70 bits per heavy atom. The molecule has 0 saturated heterocycles. The molecule has 0 amide bonds. The zero-order valence-corrected chi connectivity index (χ0v) is 25.4. The van der Waals surface area contributed by atoms with Gasteiger partial charge in [0, 0.05) is 23.6 Å². The molecule has 5 heteroatoms. The summed E-state index contributed by atoms with van der Waals surface area (Å²) in [5, 5.41) is 3.94. The lowest BCUT2D eigenvalue weighted by Crippen LogP contribution is -2.36. The number of dihydropyridines is 1. The molecule has 0 saturated carbocycles. The summed E-state index contributed by atoms with van der Waals surface area (Å²) in [6.45, 7) is 7.37. The lowest BCUT2D eigenvalue weighted by molar-refractivity contribution is 0.495. The Morgan fingerprint density at radius 1 is 0.884 bits per heavy atom. The molecule has 43 heavy (non-hydrogen) atoms. The summed E-state index contributed by atoms with van der Waals surface area (Å²) in [6.07, 6.45) is 6.47. The number of aliphatic imine (C=N–C) groups is 1. The Morgan fingerprint density at radius 3 is 2.51 bits per heavy atom. The van der Waals surface area contributed by atoms with Crippen LogP contribution in [0.3, 0.4) is 0 Å². The van der Waals surface area contributed by atoms with Crippen molar-refractivity contribution in [3.63, 3.8) is 0 Å². The highest BCUT2D eigenvalue weighted by molar-refractivity contribution is 7.22. The summed E-state index contributed by atoms with van der Waals surface area (Å²) >= 11 is 3.28. The molecule has 0 N–H and O–H groups in total. The first-order valence-electron chi connectivity index (χ1n) is 14.4. The van der Waals surface area contributed by atoms with Crippen LogP contribution in [0.4, 0.5) is 0 Å². The summed E-state index contributed by atoms with van der Waals surface area (Å²) in [4.78, 5) is 9.95. The first-order valence-corrected chi connectivity index (χ1v) is 16.1. The van der Waals surface area contributed by atoms with Gasteiger partial charge in [0.25, 0.3) is 0 Å². The molecule has 6 aromatic rings. The van der Waals surface area contributed by atoms with Crippen LogP contribution in [-0.4, -0.2) is 17.2 Å². The number of thiazole rings is 1. The summed E-state index contributed by atoms with van der Waals surface area (Å²) in [6, 6.07) is 37.8. The molecule has 1 aliphatic rings. The Bertz CT molecular complexity index is 1950. The van der Waals surface area contributed by atoms with Gasteiger partial charge in [-0.05, 0) is 58.5 Å². The van der Waals surface area contributed by atoms with Crippen molar-refractivity contribution in [1.29, 1.82) is 0 Å². The lowest BCUT2D eigenvalue weighted by atomic mass is 9.68. The van der Waals surface area contributed by atoms with Crippen molar-refractivity contribution < 1.29 is 4.74 Å². The molecule has 4 aromatic carbocycles. The number of ether oxygens (including phenoxy) is 1. The van der Waals surface area contributed by atoms with E-state index in [-0.39, 0.29) is 0 Å². The maximum absolute atomic E-state index is 6.49. The molecular formula is C38H30N2OS2. The highest BCUT2D eigenvalue weighted by atomic mass is 32.1. The van der Waals surface area contributed by atoms with Gasteiger partial charge >= 0.3 is 0 Å². The van der Waals surface area contributed by atoms with Crippen LogP contribution < -0.4 is 4.74 Å². The van der Waals surface area contributed by atoms with E-state index in [1.165, 1.54) is 4.70 Å². The van der Waals surface area contributed by atoms with Crippen LogP contribution in [0.15, 0.2) is 144 Å². The van der Waals surface area contributed by atoms with Crippen LogP contribution in [0.1, 0.15) is 18.1 Å². The van der Waals surface area contributed by atoms with Crippen LogP contribution in [0.2, 0.25) is 0 Å². The normalized spacial score (nSPS) is 16.0. The molecule has 2 atom stereocenters. The number of fused-ring (bicyclic) bond motifs is 1. The Hall–Kier alpha value is -4.58. The number of thiophene rings is 1. The minimum atomic E-state index is -0.677. The fourth-order valence-electron chi connectivity index (χ4n) is 5.74. The van der Waals surface area contributed by atoms with Gasteiger partial charge in [-0.15, -0.1) is 29.3 Å². The van der Waals surface area contributed by atoms with Gasteiger partial charge in [-0.3, -0.25) is 4.99 Å². The van der Waals surface area contributed by atoms with Crippen LogP contribution in [0.5, 0.6) is 10.8 Å². The van der Waals surface area contributed by atoms with Gasteiger partial charge in [0.05, 0.1) is 21.3 Å². The third-order valence-electron chi connectivity index (χ3n) is 7.90. The smallest absolute Gasteiger partial charge is 0.181 e. The van der Waals surface area contributed by atoms with Crippen molar-refractivity contribution in [2.24, 2.45) is 10.9 Å². The van der Waals surface area contributed by atoms with Gasteiger partial charge < -0.3 is 4.74 Å². The quantitative estimate of drug-likeness (QED) is 0.164. The fraction of sp³-hybridized carbons (Fsp3) is 0.105. The largest absolute Gasteiger partial charge is 0.447 e. The molecule has 0 spiro atoms. The van der Waals surface area contributed by atoms with Crippen LogP contribution in [-0.2, 0) is 5.41 Å². The number of para-hydroxylation sites is 1. The average Bonchev–Trinajstić information content (AvgIpc) is 3.71. The van der Waals surface area contributed by atoms with Gasteiger partial charge in [0.15, 0.2) is 5.06 Å². The van der Waals surface area contributed by atoms with Crippen molar-refractivity contribution in [2.75, 3.05) is 6.54 Å². The molecule has 1 aliphatic heterocycles. The minimum absolute atomic E-state index is 0.397. The standard InChI is InChI=1S/C38H30N2OS2/c1-3-38(35-21-20-26(2)24-39-35,32-17-8-7-16-31(32)27-12-5-4-6-13-27)29-14-11-15-30(23-29)41-36-22-28(25-42-36)37-40-33-18-9-10-19-34(33)43-37/h3-23,25-26H,1,24H2,2H3/t26?,38-/m0/s1. The van der Waals surface area contributed by atoms with E-state index in [9.17, 15) is 0 Å². The van der Waals surface area contributed by atoms with Crippen molar-refractivity contribution in [3.8, 4) is 32.5 Å². The van der Waals surface area contributed by atoms with E-state index in [0.717, 1.165) is 61.4 Å². The van der Waals surface area contributed by atoms with Crippen molar-refractivity contribution >= 4 is 38.6 Å². The Balaban J connectivity index is 1.30. The number of hydrogen-bond acceptors (Lipinski definition) is 5. The fourth-order valence-corrected chi connectivity index (χ4v) is 7.53. The second-order valence-electron chi connectivity index (χ2n) is 10.8. The van der Waals surface area contributed by atoms with E-state index in [1.807, 2.05) is 18.2 Å². The van der Waals surface area contributed by atoms with Crippen molar-refractivity contribution in [1.82, 2.24) is 4.98 Å². The van der Waals surface area contributed by atoms with Gasteiger partial charge in [-0.2, -0.15) is 0 Å². The molecule has 7 rings (SSSR count). The third kappa shape index (κ3) is 5.16. The van der Waals surface area contributed by atoms with Crippen LogP contribution in [0.25, 0.3) is 31.9 Å². The highest BCUT2D eigenvalue weighted by Crippen LogP contribution is 2.44. The molecule has 1 unspecified atom stereocenters. The van der Waals surface area contributed by atoms with Crippen molar-refractivity contribution in [3.05, 3.63) is 151 Å². The van der Waals surface area contributed by atoms with E-state index in [2.05, 4.69) is 128 Å². The molecule has 0 aliphatic carbocycles. The number of hydrogen-bond donors (Lipinski definition) is 0. The topological polar surface area (TPSA) is 34.5 Å². The van der Waals surface area contributed by atoms with E-state index >= 15 is 0 Å². The number of aromatic nitrogens is 1. The van der Waals surface area contributed by atoms with Crippen molar-refractivity contribution in [2.45, 2.75) is 12.3 Å². The van der Waals surface area contributed by atoms with Gasteiger partial charge in [0.1, 0.15) is 10.8 Å². The molecule has 2 aromatic heterocycles. The summed E-state index contributed by atoms with van der Waals surface area (Å²) < 4.78 is 7.68. The molecular weight excluding hydrogens is 565 g/mol. The minimum Gasteiger partial charge on any atom is -0.447 e. The second kappa shape index (κ2) is 11.6. The third-order valence-corrected chi connectivity index (χ3v) is 9.79. The highest BCUT2D eigenvalue weighted by Gasteiger charge is 2.38.